The number of hydrogen-bond acceptors (Lipinski definition) is 3. The number of nitrogens with zero attached hydrogens (tertiary/aromatic N) is 2. The van der Waals surface area contributed by atoms with Crippen molar-refractivity contribution in [1.29, 1.82) is 0 Å². The molecule has 3 rings (SSSR count). The molecule has 1 saturated heterocycles. The lowest BCUT2D eigenvalue weighted by atomic mass is 9.94. The second-order valence-electron chi connectivity index (χ2n) is 7.01. The Hall–Kier alpha value is -1.59. The number of amides is 2. The highest BCUT2D eigenvalue weighted by molar-refractivity contribution is 6.30. The topological polar surface area (TPSA) is 66.6 Å². The van der Waals surface area contributed by atoms with Gasteiger partial charge < -0.3 is 15.5 Å². The van der Waals surface area contributed by atoms with Crippen LogP contribution >= 0.6 is 11.6 Å². The molecule has 2 N–H and O–H groups in total. The minimum Gasteiger partial charge on any atom is -0.341 e. The molecule has 1 aromatic carbocycles. The second kappa shape index (κ2) is 8.19. The summed E-state index contributed by atoms with van der Waals surface area (Å²) in [7, 11) is 0. The molecule has 1 heterocycles. The molecule has 0 unspecified atom stereocenters. The molecular weight excluding hydrogens is 338 g/mol. The summed E-state index contributed by atoms with van der Waals surface area (Å²) in [5.74, 6) is 0.600. The van der Waals surface area contributed by atoms with E-state index in [0.717, 1.165) is 25.7 Å². The van der Waals surface area contributed by atoms with Gasteiger partial charge in [0, 0.05) is 42.7 Å². The molecule has 1 aliphatic carbocycles. The van der Waals surface area contributed by atoms with E-state index < -0.39 is 0 Å². The smallest absolute Gasteiger partial charge is 0.253 e. The van der Waals surface area contributed by atoms with Crippen LogP contribution in [0.25, 0.3) is 0 Å². The first-order valence-corrected chi connectivity index (χ1v) is 9.51. The molecule has 0 spiro atoms. The first-order valence-electron chi connectivity index (χ1n) is 9.14. The van der Waals surface area contributed by atoms with Crippen molar-refractivity contribution in [3.63, 3.8) is 0 Å². The Morgan fingerprint density at radius 2 is 1.84 bits per heavy atom. The normalized spacial score (nSPS) is 24.2. The average Bonchev–Trinajstić information content (AvgIpc) is 2.96. The molecule has 6 heteroatoms. The van der Waals surface area contributed by atoms with Gasteiger partial charge in [-0.05, 0) is 49.9 Å². The zero-order chi connectivity index (χ0) is 17.8. The zero-order valence-electron chi connectivity index (χ0n) is 14.5. The van der Waals surface area contributed by atoms with Gasteiger partial charge in [0.05, 0.1) is 0 Å². The Labute approximate surface area is 154 Å². The fourth-order valence-corrected chi connectivity index (χ4v) is 4.21. The maximum Gasteiger partial charge on any atom is 0.253 e. The predicted molar refractivity (Wildman–Crippen MR) is 98.4 cm³/mol. The summed E-state index contributed by atoms with van der Waals surface area (Å²) in [6, 6.07) is 7.03. The lowest BCUT2D eigenvalue weighted by molar-refractivity contribution is -0.136. The van der Waals surface area contributed by atoms with Crippen LogP contribution in [0.4, 0.5) is 0 Å². The third kappa shape index (κ3) is 4.15. The predicted octanol–water partition coefficient (Wildman–Crippen LogP) is 2.39. The molecule has 1 saturated carbocycles. The van der Waals surface area contributed by atoms with Crippen LogP contribution in [0.3, 0.4) is 0 Å². The van der Waals surface area contributed by atoms with Crippen LogP contribution in [0, 0.1) is 11.8 Å². The monoisotopic (exact) mass is 363 g/mol. The van der Waals surface area contributed by atoms with Gasteiger partial charge in [0.2, 0.25) is 5.91 Å². The van der Waals surface area contributed by atoms with E-state index in [1.807, 2.05) is 9.80 Å². The average molecular weight is 364 g/mol. The van der Waals surface area contributed by atoms with Crippen LogP contribution in [0.1, 0.15) is 36.0 Å². The minimum atomic E-state index is -0.0162. The lowest BCUT2D eigenvalue weighted by Gasteiger charge is -2.27. The molecule has 1 aliphatic heterocycles. The number of nitrogens with two attached hydrogens (primary N) is 1. The van der Waals surface area contributed by atoms with Gasteiger partial charge in [-0.3, -0.25) is 9.59 Å². The molecule has 2 amide bonds. The molecule has 136 valence electrons. The molecule has 1 aromatic rings. The SMILES string of the molecule is NC[C@H]1CCC[C@H]1C(=O)N1CCCN(C(=O)c2cccc(Cl)c2)CC1. The van der Waals surface area contributed by atoms with Crippen molar-refractivity contribution in [1.82, 2.24) is 9.80 Å². The van der Waals surface area contributed by atoms with Crippen molar-refractivity contribution < 1.29 is 9.59 Å². The highest BCUT2D eigenvalue weighted by Gasteiger charge is 2.35. The molecule has 5 nitrogen and oxygen atoms in total. The van der Waals surface area contributed by atoms with Crippen LogP contribution in [0.5, 0.6) is 0 Å². The number of halogens is 1. The van der Waals surface area contributed by atoms with Crippen molar-refractivity contribution in [2.75, 3.05) is 32.7 Å². The summed E-state index contributed by atoms with van der Waals surface area (Å²) >= 11 is 5.99. The van der Waals surface area contributed by atoms with Gasteiger partial charge in [-0.2, -0.15) is 0 Å². The lowest BCUT2D eigenvalue weighted by Crippen LogP contribution is -2.41. The number of benzene rings is 1. The van der Waals surface area contributed by atoms with Gasteiger partial charge >= 0.3 is 0 Å². The van der Waals surface area contributed by atoms with E-state index in [4.69, 9.17) is 17.3 Å². The van der Waals surface area contributed by atoms with Gasteiger partial charge in [0.1, 0.15) is 0 Å². The van der Waals surface area contributed by atoms with E-state index in [9.17, 15) is 9.59 Å². The van der Waals surface area contributed by atoms with E-state index in [1.165, 1.54) is 0 Å². The van der Waals surface area contributed by atoms with Crippen molar-refractivity contribution in [2.24, 2.45) is 17.6 Å². The molecule has 0 bridgehead atoms. The fraction of sp³-hybridized carbons (Fsp3) is 0.579. The zero-order valence-corrected chi connectivity index (χ0v) is 15.3. The summed E-state index contributed by atoms with van der Waals surface area (Å²) in [5.41, 5.74) is 6.43. The van der Waals surface area contributed by atoms with Crippen molar-refractivity contribution >= 4 is 23.4 Å². The Bertz CT molecular complexity index is 637. The molecule has 2 fully saturated rings. The summed E-state index contributed by atoms with van der Waals surface area (Å²) in [6.45, 7) is 3.13. The third-order valence-corrected chi connectivity index (χ3v) is 5.68. The van der Waals surface area contributed by atoms with Gasteiger partial charge in [-0.1, -0.05) is 24.1 Å². The van der Waals surface area contributed by atoms with Crippen molar-refractivity contribution in [3.8, 4) is 0 Å². The van der Waals surface area contributed by atoms with Crippen LogP contribution in [0.2, 0.25) is 5.02 Å². The summed E-state index contributed by atoms with van der Waals surface area (Å²) in [6.07, 6.45) is 3.89. The van der Waals surface area contributed by atoms with Crippen LogP contribution < -0.4 is 5.73 Å². The molecule has 0 radical (unpaired) electrons. The van der Waals surface area contributed by atoms with Crippen molar-refractivity contribution in [3.05, 3.63) is 34.9 Å². The van der Waals surface area contributed by atoms with E-state index in [1.54, 1.807) is 24.3 Å². The quantitative estimate of drug-likeness (QED) is 0.896. The van der Waals surface area contributed by atoms with E-state index in [0.29, 0.717) is 49.2 Å². The molecule has 2 atom stereocenters. The van der Waals surface area contributed by atoms with Gasteiger partial charge in [0.25, 0.3) is 5.91 Å². The van der Waals surface area contributed by atoms with Crippen LogP contribution in [0.15, 0.2) is 24.3 Å². The maximum absolute atomic E-state index is 12.9. The minimum absolute atomic E-state index is 0.0162. The van der Waals surface area contributed by atoms with E-state index in [-0.39, 0.29) is 17.7 Å². The molecule has 0 aromatic heterocycles. The number of carbonyl (C=O) groups is 2. The summed E-state index contributed by atoms with van der Waals surface area (Å²) < 4.78 is 0. The first kappa shape index (κ1) is 18.2. The summed E-state index contributed by atoms with van der Waals surface area (Å²) in [4.78, 5) is 29.3. The highest BCUT2D eigenvalue weighted by Crippen LogP contribution is 2.32. The molecule has 2 aliphatic rings. The molecular formula is C19H26ClN3O2. The van der Waals surface area contributed by atoms with Crippen LogP contribution in [-0.4, -0.2) is 54.3 Å². The Balaban J connectivity index is 1.62. The fourth-order valence-electron chi connectivity index (χ4n) is 4.02. The summed E-state index contributed by atoms with van der Waals surface area (Å²) in [5, 5.41) is 0.562. The van der Waals surface area contributed by atoms with Crippen LogP contribution in [-0.2, 0) is 4.79 Å². The second-order valence-corrected chi connectivity index (χ2v) is 7.45. The van der Waals surface area contributed by atoms with Crippen molar-refractivity contribution in [2.45, 2.75) is 25.7 Å². The highest BCUT2D eigenvalue weighted by atomic mass is 35.5. The van der Waals surface area contributed by atoms with Gasteiger partial charge in [-0.25, -0.2) is 0 Å². The first-order chi connectivity index (χ1) is 12.1. The number of hydrogen-bond donors (Lipinski definition) is 1. The van der Waals surface area contributed by atoms with E-state index in [2.05, 4.69) is 0 Å². The maximum atomic E-state index is 12.9. The number of carbonyl (C=O) groups excluding carboxylic acids is 2. The Morgan fingerprint density at radius 1 is 1.08 bits per heavy atom. The van der Waals surface area contributed by atoms with Gasteiger partial charge in [-0.15, -0.1) is 0 Å². The molecule has 25 heavy (non-hydrogen) atoms. The van der Waals surface area contributed by atoms with Gasteiger partial charge in [0.15, 0.2) is 0 Å². The Kier molecular flexibility index (Phi) is 5.97. The largest absolute Gasteiger partial charge is 0.341 e. The Morgan fingerprint density at radius 3 is 2.60 bits per heavy atom. The number of rotatable bonds is 3. The standard InChI is InChI=1S/C19H26ClN3O2/c20-16-6-1-4-14(12-16)18(24)22-8-3-9-23(11-10-22)19(25)17-7-2-5-15(17)13-21/h1,4,6,12,15,17H,2-3,5,7-11,13,21H2/t15-,17-/m1/s1. The van der Waals surface area contributed by atoms with E-state index >= 15 is 0 Å². The third-order valence-electron chi connectivity index (χ3n) is 5.45.